The van der Waals surface area contributed by atoms with E-state index < -0.39 is 0 Å². The van der Waals surface area contributed by atoms with Crippen molar-refractivity contribution in [3.63, 3.8) is 0 Å². The molecule has 1 rings (SSSR count). The smallest absolute Gasteiger partial charge is 0.0966 e. The zero-order valence-corrected chi connectivity index (χ0v) is 6.37. The standard InChI is InChI=1S/C9H12O/c1-8-6-4-3-5-7-9(8)10-2/h3-7,9H,1-2H3. The van der Waals surface area contributed by atoms with Crippen LogP contribution in [-0.4, -0.2) is 13.2 Å². The fourth-order valence-corrected chi connectivity index (χ4v) is 0.948. The maximum atomic E-state index is 5.19. The molecule has 0 bridgehead atoms. The molecule has 0 heterocycles. The van der Waals surface area contributed by atoms with E-state index in [1.54, 1.807) is 7.11 Å². The molecule has 0 aliphatic heterocycles. The van der Waals surface area contributed by atoms with E-state index in [0.717, 1.165) is 0 Å². The van der Waals surface area contributed by atoms with Gasteiger partial charge in [0.25, 0.3) is 0 Å². The van der Waals surface area contributed by atoms with E-state index in [9.17, 15) is 0 Å². The van der Waals surface area contributed by atoms with Crippen LogP contribution in [0.15, 0.2) is 36.0 Å². The number of hydrogen-bond donors (Lipinski definition) is 0. The molecule has 0 spiro atoms. The second-order valence-electron chi connectivity index (χ2n) is 2.34. The predicted octanol–water partition coefficient (Wildman–Crippen LogP) is 2.07. The van der Waals surface area contributed by atoms with Crippen molar-refractivity contribution >= 4 is 0 Å². The van der Waals surface area contributed by atoms with Crippen LogP contribution < -0.4 is 0 Å². The third-order valence-corrected chi connectivity index (χ3v) is 1.57. The molecule has 0 fully saturated rings. The lowest BCUT2D eigenvalue weighted by molar-refractivity contribution is 0.169. The molecule has 1 nitrogen and oxygen atoms in total. The molecule has 10 heavy (non-hydrogen) atoms. The van der Waals surface area contributed by atoms with Crippen molar-refractivity contribution in [2.75, 3.05) is 7.11 Å². The Kier molecular flexibility index (Phi) is 2.46. The zero-order valence-electron chi connectivity index (χ0n) is 6.37. The Hall–Kier alpha value is -0.820. The minimum Gasteiger partial charge on any atom is -0.373 e. The van der Waals surface area contributed by atoms with Crippen molar-refractivity contribution < 1.29 is 4.74 Å². The molecule has 54 valence electrons. The first-order valence-corrected chi connectivity index (χ1v) is 3.39. The molecular weight excluding hydrogens is 124 g/mol. The quantitative estimate of drug-likeness (QED) is 0.536. The number of rotatable bonds is 1. The molecule has 0 N–H and O–H groups in total. The van der Waals surface area contributed by atoms with Crippen LogP contribution in [0, 0.1) is 0 Å². The van der Waals surface area contributed by atoms with Crippen LogP contribution >= 0.6 is 0 Å². The summed E-state index contributed by atoms with van der Waals surface area (Å²) in [4.78, 5) is 0. The fraction of sp³-hybridized carbons (Fsp3) is 0.333. The molecular formula is C9H12O. The number of allylic oxidation sites excluding steroid dienone is 4. The molecule has 0 saturated heterocycles. The van der Waals surface area contributed by atoms with Gasteiger partial charge in [0.2, 0.25) is 0 Å². The summed E-state index contributed by atoms with van der Waals surface area (Å²) in [6.45, 7) is 2.06. The van der Waals surface area contributed by atoms with E-state index in [0.29, 0.717) is 0 Å². The van der Waals surface area contributed by atoms with Crippen molar-refractivity contribution in [2.45, 2.75) is 13.0 Å². The van der Waals surface area contributed by atoms with Crippen LogP contribution in [0.1, 0.15) is 6.92 Å². The summed E-state index contributed by atoms with van der Waals surface area (Å²) in [5.41, 5.74) is 1.24. The third-order valence-electron chi connectivity index (χ3n) is 1.57. The molecule has 1 unspecified atom stereocenters. The summed E-state index contributed by atoms with van der Waals surface area (Å²) in [6.07, 6.45) is 10.3. The number of methoxy groups -OCH3 is 1. The van der Waals surface area contributed by atoms with Gasteiger partial charge in [0.05, 0.1) is 6.10 Å². The highest BCUT2D eigenvalue weighted by atomic mass is 16.5. The van der Waals surface area contributed by atoms with Crippen molar-refractivity contribution in [1.29, 1.82) is 0 Å². The highest BCUT2D eigenvalue weighted by Gasteiger charge is 2.03. The predicted molar refractivity (Wildman–Crippen MR) is 42.8 cm³/mol. The van der Waals surface area contributed by atoms with E-state index in [1.807, 2.05) is 24.3 Å². The Bertz CT molecular complexity index is 187. The normalized spacial score (nSPS) is 24.2. The first kappa shape index (κ1) is 7.29. The first-order chi connectivity index (χ1) is 4.84. The van der Waals surface area contributed by atoms with Crippen LogP contribution in [-0.2, 0) is 4.74 Å². The fourth-order valence-electron chi connectivity index (χ4n) is 0.948. The molecule has 0 radical (unpaired) electrons. The molecule has 0 aromatic rings. The van der Waals surface area contributed by atoms with E-state index in [4.69, 9.17) is 4.74 Å². The van der Waals surface area contributed by atoms with Crippen molar-refractivity contribution in [3.8, 4) is 0 Å². The van der Waals surface area contributed by atoms with Crippen molar-refractivity contribution in [2.24, 2.45) is 0 Å². The Balaban J connectivity index is 2.75. The van der Waals surface area contributed by atoms with Gasteiger partial charge in [-0.05, 0) is 12.5 Å². The molecule has 0 amide bonds. The molecule has 1 aliphatic rings. The van der Waals surface area contributed by atoms with Crippen LogP contribution in [0.2, 0.25) is 0 Å². The maximum absolute atomic E-state index is 5.19. The Morgan fingerprint density at radius 3 is 2.80 bits per heavy atom. The van der Waals surface area contributed by atoms with Gasteiger partial charge in [-0.1, -0.05) is 30.4 Å². The van der Waals surface area contributed by atoms with Gasteiger partial charge in [-0.25, -0.2) is 0 Å². The summed E-state index contributed by atoms with van der Waals surface area (Å²) in [6, 6.07) is 0. The first-order valence-electron chi connectivity index (χ1n) is 3.39. The minimum absolute atomic E-state index is 0.162. The molecule has 0 saturated carbocycles. The Labute approximate surface area is 61.7 Å². The lowest BCUT2D eigenvalue weighted by Crippen LogP contribution is -2.07. The van der Waals surface area contributed by atoms with Gasteiger partial charge >= 0.3 is 0 Å². The summed E-state index contributed by atoms with van der Waals surface area (Å²) in [5.74, 6) is 0. The average Bonchev–Trinajstić information content (AvgIpc) is 2.13. The third kappa shape index (κ3) is 1.58. The molecule has 1 atom stereocenters. The van der Waals surface area contributed by atoms with Gasteiger partial charge in [-0.15, -0.1) is 0 Å². The molecule has 0 aromatic carbocycles. The SMILES string of the molecule is COC1C=CC=CC=C1C. The second-order valence-corrected chi connectivity index (χ2v) is 2.34. The van der Waals surface area contributed by atoms with E-state index >= 15 is 0 Å². The van der Waals surface area contributed by atoms with Gasteiger partial charge in [-0.3, -0.25) is 0 Å². The van der Waals surface area contributed by atoms with E-state index in [2.05, 4.69) is 13.0 Å². The van der Waals surface area contributed by atoms with E-state index in [1.165, 1.54) is 5.57 Å². The van der Waals surface area contributed by atoms with Crippen molar-refractivity contribution in [3.05, 3.63) is 36.0 Å². The number of hydrogen-bond acceptors (Lipinski definition) is 1. The summed E-state index contributed by atoms with van der Waals surface area (Å²) in [5, 5.41) is 0. The van der Waals surface area contributed by atoms with Gasteiger partial charge in [0, 0.05) is 7.11 Å². The number of ether oxygens (including phenoxy) is 1. The zero-order chi connectivity index (χ0) is 7.40. The molecule has 1 aliphatic carbocycles. The minimum atomic E-state index is 0.162. The highest BCUT2D eigenvalue weighted by molar-refractivity contribution is 5.26. The van der Waals surface area contributed by atoms with Crippen LogP contribution in [0.5, 0.6) is 0 Å². The summed E-state index contributed by atoms with van der Waals surface area (Å²) in [7, 11) is 1.72. The maximum Gasteiger partial charge on any atom is 0.0966 e. The highest BCUT2D eigenvalue weighted by Crippen LogP contribution is 2.09. The Morgan fingerprint density at radius 2 is 2.10 bits per heavy atom. The van der Waals surface area contributed by atoms with Gasteiger partial charge in [-0.2, -0.15) is 0 Å². The summed E-state index contributed by atoms with van der Waals surface area (Å²) >= 11 is 0. The monoisotopic (exact) mass is 136 g/mol. The van der Waals surface area contributed by atoms with Gasteiger partial charge in [0.15, 0.2) is 0 Å². The topological polar surface area (TPSA) is 9.23 Å². The van der Waals surface area contributed by atoms with Crippen molar-refractivity contribution in [1.82, 2.24) is 0 Å². The second kappa shape index (κ2) is 3.37. The molecule has 0 aromatic heterocycles. The summed E-state index contributed by atoms with van der Waals surface area (Å²) < 4.78 is 5.19. The van der Waals surface area contributed by atoms with Gasteiger partial charge < -0.3 is 4.74 Å². The van der Waals surface area contributed by atoms with E-state index in [-0.39, 0.29) is 6.10 Å². The lowest BCUT2D eigenvalue weighted by atomic mass is 10.1. The molecule has 1 heteroatoms. The van der Waals surface area contributed by atoms with Crippen LogP contribution in [0.4, 0.5) is 0 Å². The average molecular weight is 136 g/mol. The van der Waals surface area contributed by atoms with Gasteiger partial charge in [0.1, 0.15) is 0 Å². The Morgan fingerprint density at radius 1 is 1.30 bits per heavy atom. The van der Waals surface area contributed by atoms with Crippen LogP contribution in [0.25, 0.3) is 0 Å². The van der Waals surface area contributed by atoms with Crippen LogP contribution in [0.3, 0.4) is 0 Å². The lowest BCUT2D eigenvalue weighted by Gasteiger charge is -2.08. The largest absolute Gasteiger partial charge is 0.373 e.